The van der Waals surface area contributed by atoms with Crippen LogP contribution in [0.5, 0.6) is 0 Å². The second kappa shape index (κ2) is 10.9. The van der Waals surface area contributed by atoms with Gasteiger partial charge in [-0.2, -0.15) is 0 Å². The van der Waals surface area contributed by atoms with Crippen LogP contribution in [-0.2, 0) is 0 Å². The van der Waals surface area contributed by atoms with Crippen molar-refractivity contribution in [3.05, 3.63) is 146 Å². The summed E-state index contributed by atoms with van der Waals surface area (Å²) in [5.41, 5.74) is 4.84. The van der Waals surface area contributed by atoms with Gasteiger partial charge >= 0.3 is 0 Å². The van der Waals surface area contributed by atoms with Gasteiger partial charge in [0.25, 0.3) is 0 Å². The van der Waals surface area contributed by atoms with E-state index in [4.69, 9.17) is 19.9 Å². The van der Waals surface area contributed by atoms with Crippen molar-refractivity contribution < 1.29 is 0 Å². The van der Waals surface area contributed by atoms with E-state index in [1.807, 2.05) is 30.3 Å². The van der Waals surface area contributed by atoms with Crippen molar-refractivity contribution in [3.8, 4) is 44.7 Å². The van der Waals surface area contributed by atoms with Crippen LogP contribution < -0.4 is 0 Å². The summed E-state index contributed by atoms with van der Waals surface area (Å²) >= 11 is 3.48. The zero-order chi connectivity index (χ0) is 31.6. The first-order chi connectivity index (χ1) is 23.8. The molecule has 0 spiro atoms. The fourth-order valence-corrected chi connectivity index (χ4v) is 8.84. The summed E-state index contributed by atoms with van der Waals surface area (Å²) < 4.78 is 3.52. The summed E-state index contributed by atoms with van der Waals surface area (Å²) in [6, 6.07) is 51.0. The van der Waals surface area contributed by atoms with Crippen molar-refractivity contribution in [2.75, 3.05) is 0 Å². The molecule has 0 unspecified atom stereocenters. The maximum atomic E-state index is 5.25. The number of thiazole rings is 1. The lowest BCUT2D eigenvalue weighted by Gasteiger charge is -2.09. The maximum absolute atomic E-state index is 5.25. The highest BCUT2D eigenvalue weighted by molar-refractivity contribution is 7.26. The summed E-state index contributed by atoms with van der Waals surface area (Å²) in [6.07, 6.45) is 0. The van der Waals surface area contributed by atoms with Gasteiger partial charge in [0.15, 0.2) is 17.5 Å². The van der Waals surface area contributed by atoms with Crippen LogP contribution in [0.2, 0.25) is 0 Å². The number of para-hydroxylation sites is 1. The third kappa shape index (κ3) is 4.42. The van der Waals surface area contributed by atoms with Crippen molar-refractivity contribution >= 4 is 74.6 Å². The zero-order valence-electron chi connectivity index (χ0n) is 25.5. The van der Waals surface area contributed by atoms with Gasteiger partial charge < -0.3 is 0 Å². The molecule has 0 bridgehead atoms. The molecule has 10 aromatic rings. The van der Waals surface area contributed by atoms with Crippen LogP contribution in [0.4, 0.5) is 0 Å². The molecule has 3 aromatic heterocycles. The minimum atomic E-state index is 0.615. The highest BCUT2D eigenvalue weighted by Gasteiger charge is 2.19. The van der Waals surface area contributed by atoms with Crippen LogP contribution in [0, 0.1) is 0 Å². The number of hydrogen-bond donors (Lipinski definition) is 0. The van der Waals surface area contributed by atoms with Crippen molar-refractivity contribution in [2.24, 2.45) is 0 Å². The quantitative estimate of drug-likeness (QED) is 0.178. The molecule has 6 heteroatoms. The zero-order valence-corrected chi connectivity index (χ0v) is 27.1. The molecule has 0 fully saturated rings. The van der Waals surface area contributed by atoms with Crippen LogP contribution in [0.3, 0.4) is 0 Å². The SMILES string of the molecule is c1ccc(-c2nc(-c3cccc4sc(-c5ccc6ccc7ccccc7c6c5)nc34)nc(-c3cccc4c3sc3ccccc34)n2)cc1. The van der Waals surface area contributed by atoms with Crippen molar-refractivity contribution in [3.63, 3.8) is 0 Å². The number of benzene rings is 7. The topological polar surface area (TPSA) is 51.6 Å². The molecule has 48 heavy (non-hydrogen) atoms. The lowest BCUT2D eigenvalue weighted by molar-refractivity contribution is 1.08. The molecule has 0 saturated carbocycles. The van der Waals surface area contributed by atoms with E-state index < -0.39 is 0 Å². The third-order valence-electron chi connectivity index (χ3n) is 8.97. The Morgan fingerprint density at radius 1 is 0.375 bits per heavy atom. The van der Waals surface area contributed by atoms with Crippen LogP contribution in [0.15, 0.2) is 146 Å². The third-order valence-corrected chi connectivity index (χ3v) is 11.3. The molecule has 4 nitrogen and oxygen atoms in total. The Bertz CT molecular complexity index is 2850. The second-order valence-corrected chi connectivity index (χ2v) is 13.9. The molecule has 0 atom stereocenters. The number of thiophene rings is 1. The monoisotopic (exact) mass is 648 g/mol. The van der Waals surface area contributed by atoms with Gasteiger partial charge in [-0.25, -0.2) is 19.9 Å². The molecule has 3 heterocycles. The molecular formula is C42H24N4S2. The maximum Gasteiger partial charge on any atom is 0.166 e. The first-order valence-electron chi connectivity index (χ1n) is 15.8. The average Bonchev–Trinajstić information content (AvgIpc) is 3.77. The summed E-state index contributed by atoms with van der Waals surface area (Å²) in [4.78, 5) is 20.6. The van der Waals surface area contributed by atoms with E-state index in [-0.39, 0.29) is 0 Å². The van der Waals surface area contributed by atoms with Crippen LogP contribution in [-0.4, -0.2) is 19.9 Å². The number of fused-ring (bicyclic) bond motifs is 7. The fraction of sp³-hybridized carbons (Fsp3) is 0. The Kier molecular flexibility index (Phi) is 6.19. The molecule has 0 aliphatic carbocycles. The van der Waals surface area contributed by atoms with Crippen LogP contribution >= 0.6 is 22.7 Å². The molecule has 0 radical (unpaired) electrons. The first kappa shape index (κ1) is 27.3. The highest BCUT2D eigenvalue weighted by atomic mass is 32.1. The van der Waals surface area contributed by atoms with E-state index in [0.29, 0.717) is 17.5 Å². The van der Waals surface area contributed by atoms with Crippen molar-refractivity contribution in [2.45, 2.75) is 0 Å². The van der Waals surface area contributed by atoms with E-state index in [1.165, 1.54) is 41.7 Å². The van der Waals surface area contributed by atoms with E-state index >= 15 is 0 Å². The standard InChI is InChI=1S/C42H24N4S2/c1-2-11-27(12-3-1)39-44-40(46-41(45-39)33-17-8-15-31-30-14-6-7-18-35(30)47-38(31)33)32-16-9-19-36-37(32)43-42(48-36)28-23-22-26-21-20-25-10-4-5-13-29(25)34(26)24-28/h1-24H. The van der Waals surface area contributed by atoms with Gasteiger partial charge in [0.1, 0.15) is 5.01 Å². The fourth-order valence-electron chi connectivity index (χ4n) is 6.64. The molecule has 0 amide bonds. The van der Waals surface area contributed by atoms with Crippen molar-refractivity contribution in [1.82, 2.24) is 19.9 Å². The summed E-state index contributed by atoms with van der Waals surface area (Å²) in [5, 5.41) is 8.37. The lowest BCUT2D eigenvalue weighted by Crippen LogP contribution is -2.00. The normalized spacial score (nSPS) is 11.8. The predicted octanol–water partition coefficient (Wildman–Crippen LogP) is 11.8. The average molecular weight is 649 g/mol. The summed E-state index contributed by atoms with van der Waals surface area (Å²) in [7, 11) is 0. The lowest BCUT2D eigenvalue weighted by atomic mass is 10.0. The largest absolute Gasteiger partial charge is 0.235 e. The Balaban J connectivity index is 1.17. The van der Waals surface area contributed by atoms with E-state index in [0.717, 1.165) is 37.5 Å². The molecule has 0 saturated heterocycles. The van der Waals surface area contributed by atoms with E-state index in [9.17, 15) is 0 Å². The summed E-state index contributed by atoms with van der Waals surface area (Å²) in [6.45, 7) is 0. The minimum Gasteiger partial charge on any atom is -0.235 e. The number of rotatable bonds is 4. The molecular weight excluding hydrogens is 625 g/mol. The highest BCUT2D eigenvalue weighted by Crippen LogP contribution is 2.41. The Morgan fingerprint density at radius 2 is 1.02 bits per heavy atom. The van der Waals surface area contributed by atoms with E-state index in [1.54, 1.807) is 22.7 Å². The molecule has 7 aromatic carbocycles. The van der Waals surface area contributed by atoms with Gasteiger partial charge in [-0.3, -0.25) is 0 Å². The van der Waals surface area contributed by atoms with Gasteiger partial charge in [0.05, 0.1) is 10.2 Å². The van der Waals surface area contributed by atoms with Crippen LogP contribution in [0.1, 0.15) is 0 Å². The second-order valence-electron chi connectivity index (χ2n) is 11.8. The van der Waals surface area contributed by atoms with Crippen LogP contribution in [0.25, 0.3) is 96.7 Å². The molecule has 0 aliphatic heterocycles. The van der Waals surface area contributed by atoms with Gasteiger partial charge in [0, 0.05) is 42.4 Å². The van der Waals surface area contributed by atoms with Gasteiger partial charge in [0.2, 0.25) is 0 Å². The predicted molar refractivity (Wildman–Crippen MR) is 203 cm³/mol. The molecule has 0 N–H and O–H groups in total. The first-order valence-corrected chi connectivity index (χ1v) is 17.4. The number of aromatic nitrogens is 4. The molecule has 10 rings (SSSR count). The summed E-state index contributed by atoms with van der Waals surface area (Å²) in [5.74, 6) is 1.91. The Hall–Kier alpha value is -5.82. The van der Waals surface area contributed by atoms with E-state index in [2.05, 4.69) is 115 Å². The molecule has 224 valence electrons. The smallest absolute Gasteiger partial charge is 0.166 e. The van der Waals surface area contributed by atoms with Gasteiger partial charge in [-0.1, -0.05) is 115 Å². The van der Waals surface area contributed by atoms with Gasteiger partial charge in [-0.15, -0.1) is 22.7 Å². The van der Waals surface area contributed by atoms with Crippen molar-refractivity contribution in [1.29, 1.82) is 0 Å². The van der Waals surface area contributed by atoms with Gasteiger partial charge in [-0.05, 0) is 51.9 Å². The minimum absolute atomic E-state index is 0.615. The number of nitrogens with zero attached hydrogens (tertiary/aromatic N) is 4. The Morgan fingerprint density at radius 3 is 1.92 bits per heavy atom. The molecule has 0 aliphatic rings. The Labute approximate surface area is 283 Å². The number of hydrogen-bond acceptors (Lipinski definition) is 6.